The van der Waals surface area contributed by atoms with Gasteiger partial charge in [-0.05, 0) is 35.1 Å². The zero-order chi connectivity index (χ0) is 33.4. The van der Waals surface area contributed by atoms with Gasteiger partial charge in [0, 0.05) is 12.8 Å². The second-order valence-corrected chi connectivity index (χ2v) is 11.2. The fourth-order valence-corrected chi connectivity index (χ4v) is 5.31. The van der Waals surface area contributed by atoms with Crippen LogP contribution in [0.25, 0.3) is 0 Å². The smallest absolute Gasteiger partial charge is 0.328 e. The highest BCUT2D eigenvalue weighted by Gasteiger charge is 2.32. The van der Waals surface area contributed by atoms with E-state index in [1.165, 1.54) is 14.2 Å². The van der Waals surface area contributed by atoms with Crippen LogP contribution < -0.4 is 16.0 Å². The summed E-state index contributed by atoms with van der Waals surface area (Å²) < 4.78 is 10.1. The Morgan fingerprint density at radius 3 is 0.957 bits per heavy atom. The molecule has 0 spiro atoms. The van der Waals surface area contributed by atoms with E-state index < -0.39 is 47.9 Å². The molecule has 0 aliphatic rings. The maximum absolute atomic E-state index is 14.0. The van der Waals surface area contributed by atoms with E-state index in [-0.39, 0.29) is 25.7 Å². The Labute approximate surface area is 275 Å². The topological polar surface area (TPSA) is 123 Å². The van der Waals surface area contributed by atoms with Crippen molar-refractivity contribution in [1.29, 1.82) is 0 Å². The third-order valence-electron chi connectivity index (χ3n) is 7.77. The van der Waals surface area contributed by atoms with Gasteiger partial charge in [-0.15, -0.1) is 0 Å². The number of rotatable bonds is 16. The summed E-state index contributed by atoms with van der Waals surface area (Å²) in [4.78, 5) is 53.6. The lowest BCUT2D eigenvalue weighted by atomic mass is 9.99. The Kier molecular flexibility index (Phi) is 13.3. The molecule has 2 amide bonds. The molecule has 0 saturated heterocycles. The summed E-state index contributed by atoms with van der Waals surface area (Å²) in [6.07, 6.45) is 0.918. The van der Waals surface area contributed by atoms with Crippen LogP contribution in [0.2, 0.25) is 0 Å². The Balaban J connectivity index is 1.62. The molecule has 9 nitrogen and oxygen atoms in total. The fraction of sp³-hybridized carbons (Fsp3) is 0.263. The van der Waals surface area contributed by atoms with E-state index in [2.05, 4.69) is 16.0 Å². The number of carbonyl (C=O) groups is 4. The van der Waals surface area contributed by atoms with Crippen LogP contribution in [0.15, 0.2) is 121 Å². The number of nitrogens with one attached hydrogen (secondary N) is 3. The van der Waals surface area contributed by atoms with Crippen LogP contribution in [-0.2, 0) is 54.3 Å². The van der Waals surface area contributed by atoms with Gasteiger partial charge in [-0.1, -0.05) is 121 Å². The summed E-state index contributed by atoms with van der Waals surface area (Å²) in [7, 11) is 2.55. The summed E-state index contributed by atoms with van der Waals surface area (Å²) in [6.45, 7) is 0. The molecule has 2 unspecified atom stereocenters. The lowest BCUT2D eigenvalue weighted by Gasteiger charge is -2.28. The fourth-order valence-electron chi connectivity index (χ4n) is 5.31. The van der Waals surface area contributed by atoms with Crippen molar-refractivity contribution in [3.8, 4) is 0 Å². The van der Waals surface area contributed by atoms with Crippen molar-refractivity contribution >= 4 is 23.8 Å². The van der Waals surface area contributed by atoms with E-state index in [0.29, 0.717) is 0 Å². The normalized spacial score (nSPS) is 13.3. The van der Waals surface area contributed by atoms with Crippen molar-refractivity contribution in [2.24, 2.45) is 0 Å². The van der Waals surface area contributed by atoms with E-state index in [1.54, 1.807) is 0 Å². The summed E-state index contributed by atoms with van der Waals surface area (Å²) in [5.74, 6) is -2.11. The second-order valence-electron chi connectivity index (χ2n) is 11.2. The molecule has 9 heteroatoms. The minimum Gasteiger partial charge on any atom is -0.467 e. The SMILES string of the molecule is COC(=O)[C@@H](Cc1ccccc1)NC(=O)C(Cc1ccccc1)NC(Cc1ccccc1)C(=O)N[C@H](Cc1ccccc1)C(=O)OC. The van der Waals surface area contributed by atoms with E-state index in [1.807, 2.05) is 121 Å². The van der Waals surface area contributed by atoms with Crippen LogP contribution in [0.5, 0.6) is 0 Å². The van der Waals surface area contributed by atoms with Crippen molar-refractivity contribution in [3.05, 3.63) is 144 Å². The predicted octanol–water partition coefficient (Wildman–Crippen LogP) is 3.60. The van der Waals surface area contributed by atoms with Gasteiger partial charge in [-0.3, -0.25) is 14.9 Å². The number of hydrogen-bond acceptors (Lipinski definition) is 7. The first kappa shape index (κ1) is 34.6. The number of methoxy groups -OCH3 is 2. The van der Waals surface area contributed by atoms with Crippen molar-refractivity contribution in [3.63, 3.8) is 0 Å². The van der Waals surface area contributed by atoms with Crippen LogP contribution in [0, 0.1) is 0 Å². The molecule has 4 atom stereocenters. The maximum Gasteiger partial charge on any atom is 0.328 e. The van der Waals surface area contributed by atoms with Gasteiger partial charge in [0.25, 0.3) is 0 Å². The third-order valence-corrected chi connectivity index (χ3v) is 7.77. The molecule has 0 fully saturated rings. The maximum atomic E-state index is 14.0. The first-order chi connectivity index (χ1) is 22.9. The zero-order valence-electron chi connectivity index (χ0n) is 26.6. The molecule has 0 radical (unpaired) electrons. The van der Waals surface area contributed by atoms with Gasteiger partial charge in [0.05, 0.1) is 26.3 Å². The standard InChI is InChI=1S/C38H41N3O6/c1-46-37(44)33(25-29-19-11-5-12-20-29)40-35(42)31(23-27-15-7-3-8-16-27)39-32(24-28-17-9-4-10-18-28)36(43)41-34(38(45)47-2)26-30-21-13-6-14-22-30/h3-22,31-34,39H,23-26H2,1-2H3,(H,40,42)(H,41,43)/t31?,32?,33-,34-/m1/s1. The second kappa shape index (κ2) is 18.0. The molecule has 0 aromatic heterocycles. The molecule has 244 valence electrons. The number of esters is 2. The quantitative estimate of drug-likeness (QED) is 0.161. The number of carbonyl (C=O) groups excluding carboxylic acids is 4. The van der Waals surface area contributed by atoms with Crippen molar-refractivity contribution in [1.82, 2.24) is 16.0 Å². The lowest BCUT2D eigenvalue weighted by Crippen LogP contribution is -2.59. The molecule has 0 heterocycles. The molecule has 3 N–H and O–H groups in total. The van der Waals surface area contributed by atoms with Gasteiger partial charge in [0.15, 0.2) is 0 Å². The van der Waals surface area contributed by atoms with Crippen molar-refractivity contribution in [2.75, 3.05) is 14.2 Å². The molecule has 47 heavy (non-hydrogen) atoms. The molecule has 4 aromatic carbocycles. The molecule has 4 aromatic rings. The highest BCUT2D eigenvalue weighted by Crippen LogP contribution is 2.12. The third kappa shape index (κ3) is 10.9. The van der Waals surface area contributed by atoms with Gasteiger partial charge in [-0.2, -0.15) is 0 Å². The average Bonchev–Trinajstić information content (AvgIpc) is 3.11. The predicted molar refractivity (Wildman–Crippen MR) is 179 cm³/mol. The molecular formula is C38H41N3O6. The Hall–Kier alpha value is -5.28. The lowest BCUT2D eigenvalue weighted by molar-refractivity contribution is -0.145. The summed E-state index contributed by atoms with van der Waals surface area (Å²) in [6, 6.07) is 33.7. The average molecular weight is 636 g/mol. The molecule has 0 bridgehead atoms. The monoisotopic (exact) mass is 635 g/mol. The Bertz CT molecular complexity index is 1450. The van der Waals surface area contributed by atoms with Crippen molar-refractivity contribution < 1.29 is 28.7 Å². The minimum absolute atomic E-state index is 0.228. The highest BCUT2D eigenvalue weighted by molar-refractivity contribution is 5.90. The van der Waals surface area contributed by atoms with E-state index in [9.17, 15) is 19.2 Å². The summed E-state index contributed by atoms with van der Waals surface area (Å²) in [5.41, 5.74) is 3.41. The van der Waals surface area contributed by atoms with Gasteiger partial charge >= 0.3 is 11.9 Å². The van der Waals surface area contributed by atoms with E-state index >= 15 is 0 Å². The van der Waals surface area contributed by atoms with Gasteiger partial charge in [0.2, 0.25) is 11.8 Å². The Morgan fingerprint density at radius 1 is 0.447 bits per heavy atom. The first-order valence-electron chi connectivity index (χ1n) is 15.5. The molecule has 4 rings (SSSR count). The molecule has 0 saturated carbocycles. The van der Waals surface area contributed by atoms with E-state index in [4.69, 9.17) is 9.47 Å². The number of amides is 2. The van der Waals surface area contributed by atoms with E-state index in [0.717, 1.165) is 22.3 Å². The summed E-state index contributed by atoms with van der Waals surface area (Å²) in [5, 5.41) is 9.00. The molecule has 0 aliphatic carbocycles. The Morgan fingerprint density at radius 2 is 0.702 bits per heavy atom. The molecular weight excluding hydrogens is 594 g/mol. The molecule has 0 aliphatic heterocycles. The van der Waals surface area contributed by atoms with Gasteiger partial charge < -0.3 is 20.1 Å². The van der Waals surface area contributed by atoms with Crippen LogP contribution in [0.1, 0.15) is 22.3 Å². The summed E-state index contributed by atoms with van der Waals surface area (Å²) >= 11 is 0. The minimum atomic E-state index is -0.953. The van der Waals surface area contributed by atoms with Gasteiger partial charge in [0.1, 0.15) is 12.1 Å². The van der Waals surface area contributed by atoms with Crippen LogP contribution >= 0.6 is 0 Å². The first-order valence-corrected chi connectivity index (χ1v) is 15.5. The van der Waals surface area contributed by atoms with Crippen molar-refractivity contribution in [2.45, 2.75) is 49.9 Å². The zero-order valence-corrected chi connectivity index (χ0v) is 26.6. The van der Waals surface area contributed by atoms with Gasteiger partial charge in [-0.25, -0.2) is 9.59 Å². The number of benzene rings is 4. The van der Waals surface area contributed by atoms with Crippen LogP contribution in [0.4, 0.5) is 0 Å². The number of hydrogen-bond donors (Lipinski definition) is 3. The number of ether oxygens (including phenoxy) is 2. The largest absolute Gasteiger partial charge is 0.467 e. The highest BCUT2D eigenvalue weighted by atomic mass is 16.5. The van der Waals surface area contributed by atoms with Crippen LogP contribution in [-0.4, -0.2) is 62.1 Å². The van der Waals surface area contributed by atoms with Crippen LogP contribution in [0.3, 0.4) is 0 Å².